The molecular formula is C29H31NO12. The standard InChI is InChI=1S/C29H31NO12/c1-11-24(33)15(30)7-19(41-11)42-17-9-29(38,18(32)10-40-12(2)31)8-14-21(17)28(37)23-22(26(14)35)25(34)13-5-4-6-16(39-3)20(13)27(23)36/h4-6,11,15,17,19,24,33,35,37-38H,7-10,30H2,1-3H3. The van der Waals surface area contributed by atoms with E-state index in [0.717, 1.165) is 6.92 Å². The van der Waals surface area contributed by atoms with E-state index in [4.69, 9.17) is 24.7 Å². The molecular weight excluding hydrogens is 554 g/mol. The lowest BCUT2D eigenvalue weighted by Crippen LogP contribution is -2.53. The molecule has 2 aromatic rings. The molecule has 1 saturated heterocycles. The van der Waals surface area contributed by atoms with Crippen molar-refractivity contribution >= 4 is 23.3 Å². The molecule has 1 aliphatic heterocycles. The number of phenols is 2. The van der Waals surface area contributed by atoms with E-state index in [9.17, 15) is 39.6 Å². The van der Waals surface area contributed by atoms with Gasteiger partial charge in [-0.1, -0.05) is 12.1 Å². The highest BCUT2D eigenvalue weighted by molar-refractivity contribution is 6.31. The Labute approximate surface area is 239 Å². The highest BCUT2D eigenvalue weighted by Gasteiger charge is 2.50. The van der Waals surface area contributed by atoms with Crippen LogP contribution in [0.1, 0.15) is 75.8 Å². The number of aromatic hydroxyl groups is 2. The van der Waals surface area contributed by atoms with E-state index >= 15 is 0 Å². The van der Waals surface area contributed by atoms with Crippen LogP contribution in [0.25, 0.3) is 0 Å². The van der Waals surface area contributed by atoms with Crippen molar-refractivity contribution in [3.8, 4) is 17.2 Å². The summed E-state index contributed by atoms with van der Waals surface area (Å²) in [6, 6.07) is 3.59. The molecule has 0 aromatic heterocycles. The Bertz CT molecular complexity index is 1490. The van der Waals surface area contributed by atoms with Crippen LogP contribution in [-0.4, -0.2) is 87.6 Å². The summed E-state index contributed by atoms with van der Waals surface area (Å²) in [5.41, 5.74) is 2.26. The number of hydrogen-bond acceptors (Lipinski definition) is 13. The molecule has 6 atom stereocenters. The molecule has 42 heavy (non-hydrogen) atoms. The van der Waals surface area contributed by atoms with Gasteiger partial charge in [-0.2, -0.15) is 0 Å². The largest absolute Gasteiger partial charge is 0.507 e. The van der Waals surface area contributed by atoms with Crippen LogP contribution in [-0.2, 0) is 30.2 Å². The van der Waals surface area contributed by atoms with Crippen LogP contribution >= 0.6 is 0 Å². The van der Waals surface area contributed by atoms with Gasteiger partial charge in [-0.05, 0) is 13.0 Å². The van der Waals surface area contributed by atoms with Crippen molar-refractivity contribution < 1.29 is 58.6 Å². The third-order valence-corrected chi connectivity index (χ3v) is 8.07. The second-order valence-electron chi connectivity index (χ2n) is 10.8. The van der Waals surface area contributed by atoms with Gasteiger partial charge in [-0.15, -0.1) is 0 Å². The molecule has 0 spiro atoms. The van der Waals surface area contributed by atoms with Gasteiger partial charge in [0.15, 0.2) is 18.7 Å². The van der Waals surface area contributed by atoms with Gasteiger partial charge in [-0.25, -0.2) is 0 Å². The van der Waals surface area contributed by atoms with E-state index in [1.165, 1.54) is 25.3 Å². The van der Waals surface area contributed by atoms with Crippen molar-refractivity contribution in [1.82, 2.24) is 0 Å². The Morgan fingerprint density at radius 1 is 1.12 bits per heavy atom. The van der Waals surface area contributed by atoms with Gasteiger partial charge >= 0.3 is 5.97 Å². The minimum Gasteiger partial charge on any atom is -0.507 e. The highest BCUT2D eigenvalue weighted by atomic mass is 16.7. The molecule has 2 aromatic carbocycles. The Balaban J connectivity index is 1.66. The molecule has 13 nitrogen and oxygen atoms in total. The molecule has 6 N–H and O–H groups in total. The molecule has 0 radical (unpaired) electrons. The lowest BCUT2D eigenvalue weighted by atomic mass is 9.72. The topological polar surface area (TPSA) is 212 Å². The predicted molar refractivity (Wildman–Crippen MR) is 141 cm³/mol. The van der Waals surface area contributed by atoms with Gasteiger partial charge in [0.2, 0.25) is 11.6 Å². The molecule has 0 amide bonds. The number of hydrogen-bond donors (Lipinski definition) is 5. The van der Waals surface area contributed by atoms with Crippen LogP contribution in [0.5, 0.6) is 17.2 Å². The van der Waals surface area contributed by atoms with Crippen LogP contribution in [0.15, 0.2) is 18.2 Å². The number of nitrogens with two attached hydrogens (primary N) is 1. The second kappa shape index (κ2) is 10.7. The summed E-state index contributed by atoms with van der Waals surface area (Å²) in [7, 11) is 1.32. The van der Waals surface area contributed by atoms with Gasteiger partial charge in [0.05, 0.1) is 42.1 Å². The SMILES string of the molecule is COc1cccc2c1C(=O)c1c(O)c3c(c(O)c1C2=O)CC(O)(C(=O)COC(C)=O)CC3OC1CC(N)C(O)C(C)O1. The van der Waals surface area contributed by atoms with Crippen molar-refractivity contribution in [2.75, 3.05) is 13.7 Å². The monoisotopic (exact) mass is 585 g/mol. The summed E-state index contributed by atoms with van der Waals surface area (Å²) in [6.07, 6.45) is -5.30. The third kappa shape index (κ3) is 4.72. The zero-order valence-corrected chi connectivity index (χ0v) is 23.1. The minimum absolute atomic E-state index is 0.00314. The van der Waals surface area contributed by atoms with Gasteiger partial charge in [0.1, 0.15) is 22.8 Å². The number of carbonyl (C=O) groups is 4. The summed E-state index contributed by atoms with van der Waals surface area (Å²) in [6.45, 7) is 1.87. The number of rotatable bonds is 6. The molecule has 3 aliphatic rings. The van der Waals surface area contributed by atoms with Crippen molar-refractivity contribution in [2.45, 2.75) is 69.4 Å². The fourth-order valence-electron chi connectivity index (χ4n) is 5.90. The normalized spacial score (nSPS) is 28.4. The van der Waals surface area contributed by atoms with Crippen molar-refractivity contribution in [1.29, 1.82) is 0 Å². The first-order valence-electron chi connectivity index (χ1n) is 13.3. The van der Waals surface area contributed by atoms with E-state index in [0.29, 0.717) is 0 Å². The number of methoxy groups -OCH3 is 1. The number of ketones is 3. The molecule has 13 heteroatoms. The number of phenolic OH excluding ortho intramolecular Hbond substituents is 2. The number of aliphatic hydroxyl groups is 2. The van der Waals surface area contributed by atoms with Crippen LogP contribution in [0.4, 0.5) is 0 Å². The van der Waals surface area contributed by atoms with E-state index in [2.05, 4.69) is 0 Å². The van der Waals surface area contributed by atoms with E-state index in [1.54, 1.807) is 6.92 Å². The first-order valence-corrected chi connectivity index (χ1v) is 13.3. The maximum atomic E-state index is 13.7. The molecule has 1 heterocycles. The highest BCUT2D eigenvalue weighted by Crippen LogP contribution is 2.52. The van der Waals surface area contributed by atoms with Crippen LogP contribution < -0.4 is 10.5 Å². The molecule has 5 rings (SSSR count). The maximum absolute atomic E-state index is 13.7. The molecule has 6 unspecified atom stereocenters. The number of ether oxygens (including phenoxy) is 4. The number of benzene rings is 2. The number of aliphatic hydroxyl groups excluding tert-OH is 1. The molecule has 224 valence electrons. The fourth-order valence-corrected chi connectivity index (χ4v) is 5.90. The van der Waals surface area contributed by atoms with Crippen molar-refractivity contribution in [2.24, 2.45) is 5.73 Å². The Hall–Kier alpha value is -3.88. The molecule has 0 bridgehead atoms. The number of carbonyl (C=O) groups excluding carboxylic acids is 4. The van der Waals surface area contributed by atoms with Gasteiger partial charge in [-0.3, -0.25) is 19.2 Å². The fraction of sp³-hybridized carbons (Fsp3) is 0.448. The molecule has 1 fully saturated rings. The molecule has 2 aliphatic carbocycles. The zero-order chi connectivity index (χ0) is 30.7. The maximum Gasteiger partial charge on any atom is 0.303 e. The lowest BCUT2D eigenvalue weighted by Gasteiger charge is -2.42. The quantitative estimate of drug-likeness (QED) is 0.198. The third-order valence-electron chi connectivity index (χ3n) is 8.07. The zero-order valence-electron chi connectivity index (χ0n) is 23.1. The average Bonchev–Trinajstić information content (AvgIpc) is 2.94. The summed E-state index contributed by atoms with van der Waals surface area (Å²) < 4.78 is 21.9. The summed E-state index contributed by atoms with van der Waals surface area (Å²) in [5.74, 6) is -4.57. The van der Waals surface area contributed by atoms with E-state index in [1.807, 2.05) is 0 Å². The molecule has 0 saturated carbocycles. The Kier molecular flexibility index (Phi) is 7.58. The van der Waals surface area contributed by atoms with Gasteiger partial charge < -0.3 is 45.1 Å². The first kappa shape index (κ1) is 29.6. The predicted octanol–water partition coefficient (Wildman–Crippen LogP) is 0.572. The van der Waals surface area contributed by atoms with Gasteiger partial charge in [0.25, 0.3) is 0 Å². The average molecular weight is 586 g/mol. The Morgan fingerprint density at radius 2 is 1.81 bits per heavy atom. The summed E-state index contributed by atoms with van der Waals surface area (Å²) in [4.78, 5) is 51.8. The van der Waals surface area contributed by atoms with Gasteiger partial charge in [0, 0.05) is 48.9 Å². The lowest BCUT2D eigenvalue weighted by molar-refractivity contribution is -0.247. The van der Waals surface area contributed by atoms with E-state index in [-0.39, 0.29) is 34.4 Å². The smallest absolute Gasteiger partial charge is 0.303 e. The summed E-state index contributed by atoms with van der Waals surface area (Å²) >= 11 is 0. The number of Topliss-reactive ketones (excluding diaryl/α,β-unsaturated/α-hetero) is 1. The van der Waals surface area contributed by atoms with Crippen LogP contribution in [0.3, 0.4) is 0 Å². The Morgan fingerprint density at radius 3 is 2.45 bits per heavy atom. The van der Waals surface area contributed by atoms with Crippen molar-refractivity contribution in [3.63, 3.8) is 0 Å². The minimum atomic E-state index is -2.28. The number of esters is 1. The first-order chi connectivity index (χ1) is 19.8. The summed E-state index contributed by atoms with van der Waals surface area (Å²) in [5, 5.41) is 44.7. The van der Waals surface area contributed by atoms with Crippen molar-refractivity contribution in [3.05, 3.63) is 51.6 Å². The van der Waals surface area contributed by atoms with Crippen LogP contribution in [0, 0.1) is 0 Å². The van der Waals surface area contributed by atoms with Crippen LogP contribution in [0.2, 0.25) is 0 Å². The van der Waals surface area contributed by atoms with E-state index < -0.39 is 102 Å². The number of fused-ring (bicyclic) bond motifs is 3. The second-order valence-corrected chi connectivity index (χ2v) is 10.8.